The molecule has 0 saturated heterocycles. The van der Waals surface area contributed by atoms with Gasteiger partial charge < -0.3 is 8.92 Å². The molecule has 3 nitrogen and oxygen atoms in total. The first kappa shape index (κ1) is 15.9. The number of hydrogen-bond acceptors (Lipinski definition) is 4. The van der Waals surface area contributed by atoms with E-state index in [0.717, 1.165) is 18.6 Å². The number of carbonyl (C=O) groups excluding carboxylic acids is 1. The molecule has 0 spiro atoms. The van der Waals surface area contributed by atoms with Crippen LogP contribution in [0.5, 0.6) is 5.75 Å². The standard InChI is InChI=1S/C15H19IO3S/c1-18-14(17)11-15(8-3-2-4-9-15)12-6-5-7-13(10-12)19-20-16/h5-7,10H,2-4,8-9,11H2,1H3. The maximum absolute atomic E-state index is 11.8. The Bertz CT molecular complexity index is 458. The smallest absolute Gasteiger partial charge is 0.306 e. The fourth-order valence-electron chi connectivity index (χ4n) is 3.06. The zero-order valence-corrected chi connectivity index (χ0v) is 14.5. The van der Waals surface area contributed by atoms with Crippen LogP contribution >= 0.6 is 30.4 Å². The molecule has 0 radical (unpaired) electrons. The van der Waals surface area contributed by atoms with Crippen LogP contribution < -0.4 is 4.18 Å². The highest BCUT2D eigenvalue weighted by atomic mass is 127. The van der Waals surface area contributed by atoms with Crippen LogP contribution in [-0.4, -0.2) is 13.1 Å². The van der Waals surface area contributed by atoms with Gasteiger partial charge in [0, 0.05) is 26.6 Å². The lowest BCUT2D eigenvalue weighted by atomic mass is 9.67. The molecule has 1 aliphatic carbocycles. The lowest BCUT2D eigenvalue weighted by molar-refractivity contribution is -0.142. The van der Waals surface area contributed by atoms with Crippen molar-refractivity contribution in [2.75, 3.05) is 7.11 Å². The second-order valence-corrected chi connectivity index (χ2v) is 6.64. The van der Waals surface area contributed by atoms with Crippen LogP contribution in [0.25, 0.3) is 0 Å². The van der Waals surface area contributed by atoms with Gasteiger partial charge in [-0.2, -0.15) is 0 Å². The minimum absolute atomic E-state index is 0.0827. The van der Waals surface area contributed by atoms with Crippen LogP contribution in [0.4, 0.5) is 0 Å². The number of methoxy groups -OCH3 is 1. The van der Waals surface area contributed by atoms with Gasteiger partial charge in [-0.3, -0.25) is 4.79 Å². The molecule has 1 saturated carbocycles. The summed E-state index contributed by atoms with van der Waals surface area (Å²) in [6, 6.07) is 8.13. The van der Waals surface area contributed by atoms with Gasteiger partial charge >= 0.3 is 5.97 Å². The van der Waals surface area contributed by atoms with Crippen LogP contribution in [0.2, 0.25) is 0 Å². The zero-order chi connectivity index (χ0) is 14.4. The van der Waals surface area contributed by atoms with Crippen LogP contribution in [0.15, 0.2) is 24.3 Å². The van der Waals surface area contributed by atoms with Crippen molar-refractivity contribution in [2.24, 2.45) is 0 Å². The van der Waals surface area contributed by atoms with Crippen LogP contribution in [-0.2, 0) is 14.9 Å². The summed E-state index contributed by atoms with van der Waals surface area (Å²) in [5.41, 5.74) is 1.12. The molecular formula is C15H19IO3S. The molecule has 0 N–H and O–H groups in total. The number of ether oxygens (including phenoxy) is 1. The molecule has 1 aromatic rings. The molecule has 0 heterocycles. The van der Waals surface area contributed by atoms with Crippen LogP contribution in [0.3, 0.4) is 0 Å². The van der Waals surface area contributed by atoms with Gasteiger partial charge in [-0.15, -0.1) is 0 Å². The summed E-state index contributed by atoms with van der Waals surface area (Å²) in [5.74, 6) is 0.721. The number of hydrogen-bond donors (Lipinski definition) is 0. The Hall–Kier alpha value is -0.430. The summed E-state index contributed by atoms with van der Waals surface area (Å²) >= 11 is 2.11. The topological polar surface area (TPSA) is 35.5 Å². The predicted molar refractivity (Wildman–Crippen MR) is 90.1 cm³/mol. The van der Waals surface area contributed by atoms with E-state index in [-0.39, 0.29) is 11.4 Å². The van der Waals surface area contributed by atoms with E-state index < -0.39 is 0 Å². The Morgan fingerprint density at radius 1 is 1.35 bits per heavy atom. The van der Waals surface area contributed by atoms with Gasteiger partial charge in [-0.25, -0.2) is 0 Å². The summed E-state index contributed by atoms with van der Waals surface area (Å²) < 4.78 is 10.4. The van der Waals surface area contributed by atoms with Crippen molar-refractivity contribution in [1.29, 1.82) is 0 Å². The Kier molecular flexibility index (Phi) is 6.01. The average molecular weight is 406 g/mol. The molecule has 5 heteroatoms. The number of esters is 1. The third-order valence-electron chi connectivity index (χ3n) is 4.10. The van der Waals surface area contributed by atoms with E-state index in [1.807, 2.05) is 12.1 Å². The second kappa shape index (κ2) is 7.54. The Morgan fingerprint density at radius 2 is 2.10 bits per heavy atom. The van der Waals surface area contributed by atoms with Crippen molar-refractivity contribution in [3.05, 3.63) is 29.8 Å². The quantitative estimate of drug-likeness (QED) is 0.399. The maximum Gasteiger partial charge on any atom is 0.306 e. The van der Waals surface area contributed by atoms with E-state index in [1.54, 1.807) is 0 Å². The van der Waals surface area contributed by atoms with Crippen molar-refractivity contribution in [1.82, 2.24) is 0 Å². The predicted octanol–water partition coefficient (Wildman–Crippen LogP) is 4.83. The number of carbonyl (C=O) groups is 1. The SMILES string of the molecule is COC(=O)CC1(c2cccc(OSI)c2)CCCCC1. The molecule has 1 fully saturated rings. The van der Waals surface area contributed by atoms with Crippen molar-refractivity contribution >= 4 is 36.4 Å². The molecule has 110 valence electrons. The van der Waals surface area contributed by atoms with Crippen molar-refractivity contribution in [3.63, 3.8) is 0 Å². The Labute approximate surface area is 136 Å². The molecule has 0 amide bonds. The van der Waals surface area contributed by atoms with Crippen molar-refractivity contribution in [3.8, 4) is 5.75 Å². The van der Waals surface area contributed by atoms with Crippen LogP contribution in [0, 0.1) is 0 Å². The van der Waals surface area contributed by atoms with Gasteiger partial charge in [0.1, 0.15) is 15.0 Å². The largest absolute Gasteiger partial charge is 0.469 e. The summed E-state index contributed by atoms with van der Waals surface area (Å²) in [6.07, 6.45) is 6.14. The third kappa shape index (κ3) is 3.81. The molecule has 0 bridgehead atoms. The zero-order valence-electron chi connectivity index (χ0n) is 11.6. The summed E-state index contributed by atoms with van der Waals surface area (Å²) in [7, 11) is 2.77. The van der Waals surface area contributed by atoms with E-state index in [9.17, 15) is 4.79 Å². The number of halogens is 1. The fraction of sp³-hybridized carbons (Fsp3) is 0.533. The Balaban J connectivity index is 2.29. The van der Waals surface area contributed by atoms with Gasteiger partial charge in [0.2, 0.25) is 0 Å². The van der Waals surface area contributed by atoms with Gasteiger partial charge in [-0.1, -0.05) is 31.4 Å². The van der Waals surface area contributed by atoms with E-state index in [4.69, 9.17) is 8.92 Å². The lowest BCUT2D eigenvalue weighted by Crippen LogP contribution is -2.32. The molecule has 0 aromatic heterocycles. The molecule has 2 rings (SSSR count). The monoisotopic (exact) mass is 406 g/mol. The molecule has 20 heavy (non-hydrogen) atoms. The summed E-state index contributed by atoms with van der Waals surface area (Å²) in [6.45, 7) is 0. The first-order valence-electron chi connectivity index (χ1n) is 6.83. The van der Waals surface area contributed by atoms with Crippen molar-refractivity contribution < 1.29 is 13.7 Å². The van der Waals surface area contributed by atoms with Crippen molar-refractivity contribution in [2.45, 2.75) is 43.9 Å². The van der Waals surface area contributed by atoms with E-state index >= 15 is 0 Å². The van der Waals surface area contributed by atoms with Gasteiger partial charge in [0.05, 0.1) is 13.5 Å². The van der Waals surface area contributed by atoms with Crippen LogP contribution in [0.1, 0.15) is 44.1 Å². The second-order valence-electron chi connectivity index (χ2n) is 5.27. The highest BCUT2D eigenvalue weighted by Gasteiger charge is 2.36. The van der Waals surface area contributed by atoms with E-state index in [0.29, 0.717) is 6.42 Å². The number of benzene rings is 1. The minimum Gasteiger partial charge on any atom is -0.469 e. The Morgan fingerprint density at radius 3 is 2.75 bits per heavy atom. The highest BCUT2D eigenvalue weighted by molar-refractivity contribution is 14.2. The molecular weight excluding hydrogens is 387 g/mol. The van der Waals surface area contributed by atoms with Gasteiger partial charge in [-0.05, 0) is 30.5 Å². The van der Waals surface area contributed by atoms with E-state index in [2.05, 4.69) is 33.3 Å². The third-order valence-corrected chi connectivity index (χ3v) is 4.89. The summed E-state index contributed by atoms with van der Waals surface area (Å²) in [5, 5.41) is 0. The molecule has 0 unspecified atom stereocenters. The first-order chi connectivity index (χ1) is 9.70. The molecule has 1 aliphatic rings. The molecule has 0 aliphatic heterocycles. The maximum atomic E-state index is 11.8. The van der Waals surface area contributed by atoms with E-state index in [1.165, 1.54) is 41.1 Å². The highest BCUT2D eigenvalue weighted by Crippen LogP contribution is 2.43. The van der Waals surface area contributed by atoms with Gasteiger partial charge in [0.15, 0.2) is 0 Å². The van der Waals surface area contributed by atoms with Gasteiger partial charge in [0.25, 0.3) is 0 Å². The fourth-order valence-corrected chi connectivity index (χ4v) is 3.86. The number of rotatable bonds is 5. The average Bonchev–Trinajstić information content (AvgIpc) is 2.49. The molecule has 0 atom stereocenters. The summed E-state index contributed by atoms with van der Waals surface area (Å²) in [4.78, 5) is 11.8. The minimum atomic E-state index is -0.124. The lowest BCUT2D eigenvalue weighted by Gasteiger charge is -2.37. The molecule has 1 aromatic carbocycles. The normalized spacial score (nSPS) is 17.5. The first-order valence-corrected chi connectivity index (χ1v) is 10.1.